The van der Waals surface area contributed by atoms with E-state index in [1.807, 2.05) is 0 Å². The molecule has 0 fully saturated rings. The topological polar surface area (TPSA) is 32.6 Å². The Morgan fingerprint density at radius 1 is 1.58 bits per heavy atom. The molecule has 64 valence electrons. The molecule has 0 atom stereocenters. The van der Waals surface area contributed by atoms with E-state index in [1.54, 1.807) is 0 Å². The van der Waals surface area contributed by atoms with Gasteiger partial charge in [0, 0.05) is 5.56 Å². The van der Waals surface area contributed by atoms with Gasteiger partial charge < -0.3 is 5.21 Å². The average molecular weight is 252 g/mol. The summed E-state index contributed by atoms with van der Waals surface area (Å²) in [5, 5.41) is 10.9. The van der Waals surface area contributed by atoms with E-state index in [0.29, 0.717) is 10.0 Å². The first-order chi connectivity index (χ1) is 5.65. The van der Waals surface area contributed by atoms with Crippen molar-refractivity contribution in [2.45, 2.75) is 0 Å². The van der Waals surface area contributed by atoms with Gasteiger partial charge in [0.05, 0.1) is 4.47 Å². The Morgan fingerprint density at radius 3 is 2.75 bits per heavy atom. The zero-order valence-electron chi connectivity index (χ0n) is 5.76. The highest BCUT2D eigenvalue weighted by atomic mass is 79.9. The zero-order chi connectivity index (χ0) is 9.14. The van der Waals surface area contributed by atoms with Crippen molar-refractivity contribution in [2.75, 3.05) is 0 Å². The fraction of sp³-hybridized carbons (Fsp3) is 0. The number of nitrogens with zero attached hydrogens (tertiary/aromatic N) is 1. The molecule has 0 aliphatic rings. The molecular formula is C7H4BrClFNO. The predicted molar refractivity (Wildman–Crippen MR) is 48.3 cm³/mol. The van der Waals surface area contributed by atoms with Crippen molar-refractivity contribution in [1.82, 2.24) is 0 Å². The maximum atomic E-state index is 12.8. The number of oxime groups is 1. The molecule has 1 rings (SSSR count). The van der Waals surface area contributed by atoms with Crippen LogP contribution >= 0.6 is 27.5 Å². The highest BCUT2D eigenvalue weighted by molar-refractivity contribution is 9.10. The van der Waals surface area contributed by atoms with Crippen molar-refractivity contribution >= 4 is 32.7 Å². The van der Waals surface area contributed by atoms with Gasteiger partial charge in [-0.25, -0.2) is 4.39 Å². The van der Waals surface area contributed by atoms with Crippen LogP contribution in [-0.4, -0.2) is 10.4 Å². The molecule has 5 heteroatoms. The van der Waals surface area contributed by atoms with E-state index in [-0.39, 0.29) is 5.17 Å². The van der Waals surface area contributed by atoms with E-state index < -0.39 is 5.82 Å². The largest absolute Gasteiger partial charge is 0.410 e. The summed E-state index contributed by atoms with van der Waals surface area (Å²) in [4.78, 5) is 0. The van der Waals surface area contributed by atoms with Gasteiger partial charge in [-0.15, -0.1) is 0 Å². The minimum Gasteiger partial charge on any atom is -0.410 e. The molecule has 0 saturated heterocycles. The lowest BCUT2D eigenvalue weighted by molar-refractivity contribution is 0.321. The van der Waals surface area contributed by atoms with Crippen LogP contribution in [0.3, 0.4) is 0 Å². The quantitative estimate of drug-likeness (QED) is 0.465. The molecule has 0 saturated carbocycles. The maximum absolute atomic E-state index is 12.8. The lowest BCUT2D eigenvalue weighted by atomic mass is 10.2. The summed E-state index contributed by atoms with van der Waals surface area (Å²) in [5.41, 5.74) is 0.333. The molecule has 0 unspecified atom stereocenters. The van der Waals surface area contributed by atoms with E-state index in [0.717, 1.165) is 0 Å². The lowest BCUT2D eigenvalue weighted by Crippen LogP contribution is -1.92. The van der Waals surface area contributed by atoms with Gasteiger partial charge in [-0.2, -0.15) is 0 Å². The molecule has 0 aliphatic carbocycles. The molecule has 12 heavy (non-hydrogen) atoms. The second kappa shape index (κ2) is 3.87. The first-order valence-electron chi connectivity index (χ1n) is 2.98. The van der Waals surface area contributed by atoms with Crippen LogP contribution in [0.4, 0.5) is 4.39 Å². The Labute approximate surface area is 81.8 Å². The average Bonchev–Trinajstić information content (AvgIpc) is 2.08. The summed E-state index contributed by atoms with van der Waals surface area (Å²) in [6.07, 6.45) is 0. The summed E-state index contributed by atoms with van der Waals surface area (Å²) in [5.74, 6) is -0.450. The van der Waals surface area contributed by atoms with E-state index in [2.05, 4.69) is 21.1 Å². The third kappa shape index (κ3) is 1.95. The molecule has 0 aliphatic heterocycles. The van der Waals surface area contributed by atoms with E-state index in [9.17, 15) is 4.39 Å². The Morgan fingerprint density at radius 2 is 2.25 bits per heavy atom. The molecule has 0 heterocycles. The normalized spacial score (nSPS) is 11.8. The van der Waals surface area contributed by atoms with Crippen molar-refractivity contribution in [3.05, 3.63) is 34.1 Å². The monoisotopic (exact) mass is 251 g/mol. The van der Waals surface area contributed by atoms with Gasteiger partial charge in [-0.05, 0) is 28.1 Å². The molecule has 1 N–H and O–H groups in total. The van der Waals surface area contributed by atoms with Gasteiger partial charge in [-0.3, -0.25) is 0 Å². The van der Waals surface area contributed by atoms with Crippen LogP contribution in [0.2, 0.25) is 0 Å². The molecule has 0 bridgehead atoms. The van der Waals surface area contributed by atoms with Crippen LogP contribution in [0, 0.1) is 5.82 Å². The van der Waals surface area contributed by atoms with Gasteiger partial charge in [0.25, 0.3) is 0 Å². The molecule has 0 radical (unpaired) electrons. The molecule has 0 aromatic heterocycles. The number of rotatable bonds is 1. The summed E-state index contributed by atoms with van der Waals surface area (Å²) in [7, 11) is 0. The van der Waals surface area contributed by atoms with Gasteiger partial charge in [0.1, 0.15) is 5.82 Å². The molecular weight excluding hydrogens is 248 g/mol. The first-order valence-corrected chi connectivity index (χ1v) is 4.15. The summed E-state index contributed by atoms with van der Waals surface area (Å²) < 4.78 is 13.2. The molecule has 2 nitrogen and oxygen atoms in total. The van der Waals surface area contributed by atoms with Crippen LogP contribution in [0.15, 0.2) is 27.8 Å². The van der Waals surface area contributed by atoms with E-state index in [1.165, 1.54) is 18.2 Å². The highest BCUT2D eigenvalue weighted by Gasteiger charge is 2.04. The lowest BCUT2D eigenvalue weighted by Gasteiger charge is -1.97. The van der Waals surface area contributed by atoms with Gasteiger partial charge in [0.15, 0.2) is 5.17 Å². The van der Waals surface area contributed by atoms with Gasteiger partial charge >= 0.3 is 0 Å². The smallest absolute Gasteiger partial charge is 0.175 e. The second-order valence-corrected chi connectivity index (χ2v) is 3.23. The van der Waals surface area contributed by atoms with E-state index >= 15 is 0 Å². The van der Waals surface area contributed by atoms with Crippen molar-refractivity contribution in [1.29, 1.82) is 0 Å². The number of hydrogen-bond acceptors (Lipinski definition) is 2. The van der Waals surface area contributed by atoms with Crippen LogP contribution in [0.25, 0.3) is 0 Å². The SMILES string of the molecule is ON=C(Cl)c1ccc(Br)c(F)c1. The number of halogens is 3. The van der Waals surface area contributed by atoms with Crippen LogP contribution in [0.1, 0.15) is 5.56 Å². The number of benzene rings is 1. The van der Waals surface area contributed by atoms with Crippen LogP contribution in [0.5, 0.6) is 0 Å². The summed E-state index contributed by atoms with van der Waals surface area (Å²) >= 11 is 8.41. The van der Waals surface area contributed by atoms with Crippen molar-refractivity contribution in [2.24, 2.45) is 5.16 Å². The van der Waals surface area contributed by atoms with Crippen molar-refractivity contribution in [3.63, 3.8) is 0 Å². The molecule has 0 spiro atoms. The predicted octanol–water partition coefficient (Wildman–Crippen LogP) is 2.96. The Kier molecular flexibility index (Phi) is 3.05. The van der Waals surface area contributed by atoms with Crippen LogP contribution < -0.4 is 0 Å². The second-order valence-electron chi connectivity index (χ2n) is 2.02. The first kappa shape index (κ1) is 9.48. The van der Waals surface area contributed by atoms with Crippen molar-refractivity contribution < 1.29 is 9.60 Å². The maximum Gasteiger partial charge on any atom is 0.175 e. The van der Waals surface area contributed by atoms with Gasteiger partial charge in [-0.1, -0.05) is 22.8 Å². The fourth-order valence-electron chi connectivity index (χ4n) is 0.682. The fourth-order valence-corrected chi connectivity index (χ4v) is 1.05. The van der Waals surface area contributed by atoms with Crippen molar-refractivity contribution in [3.8, 4) is 0 Å². The molecule has 1 aromatic rings. The minimum absolute atomic E-state index is 0.138. The third-order valence-electron chi connectivity index (χ3n) is 1.25. The van der Waals surface area contributed by atoms with Crippen LogP contribution in [-0.2, 0) is 0 Å². The van der Waals surface area contributed by atoms with Gasteiger partial charge in [0.2, 0.25) is 0 Å². The standard InChI is InChI=1S/C7H4BrClFNO/c8-5-2-1-4(3-6(5)10)7(9)11-12/h1-3,12H. The zero-order valence-corrected chi connectivity index (χ0v) is 8.10. The third-order valence-corrected chi connectivity index (χ3v) is 2.18. The molecule has 0 amide bonds. The highest BCUT2D eigenvalue weighted by Crippen LogP contribution is 2.17. The Balaban J connectivity index is 3.13. The number of hydrogen-bond donors (Lipinski definition) is 1. The minimum atomic E-state index is -0.450. The summed E-state index contributed by atoms with van der Waals surface area (Å²) in [6.45, 7) is 0. The van der Waals surface area contributed by atoms with E-state index in [4.69, 9.17) is 16.8 Å². The Bertz CT molecular complexity index is 329. The molecule has 1 aromatic carbocycles. The summed E-state index contributed by atoms with van der Waals surface area (Å²) in [6, 6.07) is 4.19. The Hall–Kier alpha value is -0.610.